The van der Waals surface area contributed by atoms with Crippen molar-refractivity contribution in [1.29, 1.82) is 0 Å². The Morgan fingerprint density at radius 2 is 1.78 bits per heavy atom. The summed E-state index contributed by atoms with van der Waals surface area (Å²) in [4.78, 5) is 0. The minimum Gasteiger partial charge on any atom is -0.207 e. The van der Waals surface area contributed by atoms with Crippen molar-refractivity contribution < 1.29 is 4.39 Å². The molecule has 0 heterocycles. The maximum atomic E-state index is 14.6. The molecule has 2 aromatic carbocycles. The Morgan fingerprint density at radius 1 is 0.963 bits per heavy atom. The van der Waals surface area contributed by atoms with Crippen molar-refractivity contribution in [2.45, 2.75) is 71.1 Å². The first kappa shape index (κ1) is 18.7. The van der Waals surface area contributed by atoms with Crippen LogP contribution in [0.4, 0.5) is 4.39 Å². The summed E-state index contributed by atoms with van der Waals surface area (Å²) in [5, 5.41) is 2.25. The van der Waals surface area contributed by atoms with Gasteiger partial charge in [-0.3, -0.25) is 0 Å². The molecular weight excluding hydrogens is 331 g/mol. The maximum absolute atomic E-state index is 14.6. The predicted octanol–water partition coefficient (Wildman–Crippen LogP) is 7.81. The van der Waals surface area contributed by atoms with Gasteiger partial charge in [-0.2, -0.15) is 0 Å². The summed E-state index contributed by atoms with van der Waals surface area (Å²) in [5.41, 5.74) is 2.27. The summed E-state index contributed by atoms with van der Waals surface area (Å²) < 4.78 is 14.6. The number of fused-ring (bicyclic) bond motifs is 2. The van der Waals surface area contributed by atoms with Crippen molar-refractivity contribution >= 4 is 10.8 Å². The number of aryl methyl sites for hydroxylation is 1. The van der Waals surface area contributed by atoms with Gasteiger partial charge in [-0.15, -0.1) is 0 Å². The van der Waals surface area contributed by atoms with Gasteiger partial charge in [-0.25, -0.2) is 4.39 Å². The average molecular weight is 365 g/mol. The standard InChI is InChI=1S/C26H33F/c1-3-4-5-6-24-15-23-12-11-22(16-25(23)17-26(24)27)21-10-9-19-13-18(2)7-8-20(19)14-21/h3-4,11-12,15-21H,5-10,13-14H2,1-2H3/b4-3+/t18?,19-,20?,21-/m1/s1. The van der Waals surface area contributed by atoms with Crippen LogP contribution in [0.2, 0.25) is 0 Å². The summed E-state index contributed by atoms with van der Waals surface area (Å²) in [5.74, 6) is 3.42. The van der Waals surface area contributed by atoms with E-state index in [9.17, 15) is 4.39 Å². The molecule has 0 aliphatic heterocycles. The highest BCUT2D eigenvalue weighted by atomic mass is 19.1. The summed E-state index contributed by atoms with van der Waals surface area (Å²) in [6.45, 7) is 4.44. The predicted molar refractivity (Wildman–Crippen MR) is 114 cm³/mol. The van der Waals surface area contributed by atoms with E-state index in [1.165, 1.54) is 49.5 Å². The van der Waals surface area contributed by atoms with Gasteiger partial charge in [0.05, 0.1) is 0 Å². The fraction of sp³-hybridized carbons (Fsp3) is 0.538. The Kier molecular flexibility index (Phi) is 5.66. The minimum atomic E-state index is -0.0471. The van der Waals surface area contributed by atoms with Gasteiger partial charge in [0, 0.05) is 0 Å². The fourth-order valence-corrected chi connectivity index (χ4v) is 5.61. The lowest BCUT2D eigenvalue weighted by molar-refractivity contribution is 0.124. The van der Waals surface area contributed by atoms with Crippen molar-refractivity contribution in [2.24, 2.45) is 17.8 Å². The number of hydrogen-bond donors (Lipinski definition) is 0. The van der Waals surface area contributed by atoms with Crippen molar-refractivity contribution in [3.8, 4) is 0 Å². The Bertz CT molecular complexity index is 818. The Labute approximate surface area is 163 Å². The van der Waals surface area contributed by atoms with Crippen molar-refractivity contribution in [1.82, 2.24) is 0 Å². The van der Waals surface area contributed by atoms with Crippen molar-refractivity contribution in [3.05, 3.63) is 59.4 Å². The molecule has 0 spiro atoms. The van der Waals surface area contributed by atoms with Crippen LogP contribution in [0.25, 0.3) is 10.8 Å². The Hall–Kier alpha value is -1.63. The summed E-state index contributed by atoms with van der Waals surface area (Å²) >= 11 is 0. The van der Waals surface area contributed by atoms with E-state index < -0.39 is 0 Å². The van der Waals surface area contributed by atoms with Crippen LogP contribution in [-0.2, 0) is 6.42 Å². The zero-order valence-corrected chi connectivity index (χ0v) is 16.9. The first-order valence-electron chi connectivity index (χ1n) is 11.0. The van der Waals surface area contributed by atoms with Crippen LogP contribution in [0.1, 0.15) is 75.8 Å². The number of hydrogen-bond acceptors (Lipinski definition) is 0. The summed E-state index contributed by atoms with van der Waals surface area (Å²) in [6, 6.07) is 10.6. The summed E-state index contributed by atoms with van der Waals surface area (Å²) in [6.07, 6.45) is 14.1. The number of allylic oxidation sites excluding steroid dienone is 2. The van der Waals surface area contributed by atoms with Crippen LogP contribution in [0.3, 0.4) is 0 Å². The van der Waals surface area contributed by atoms with Gasteiger partial charge in [0.2, 0.25) is 0 Å². The van der Waals surface area contributed by atoms with Crippen LogP contribution in [-0.4, -0.2) is 0 Å². The van der Waals surface area contributed by atoms with Gasteiger partial charge in [0.1, 0.15) is 5.82 Å². The second-order valence-electron chi connectivity index (χ2n) is 9.11. The first-order valence-corrected chi connectivity index (χ1v) is 11.0. The van der Waals surface area contributed by atoms with Crippen LogP contribution in [0.15, 0.2) is 42.5 Å². The van der Waals surface area contributed by atoms with Crippen molar-refractivity contribution in [2.75, 3.05) is 0 Å². The molecule has 27 heavy (non-hydrogen) atoms. The molecule has 4 rings (SSSR count). The molecule has 4 atom stereocenters. The van der Waals surface area contributed by atoms with E-state index in [-0.39, 0.29) is 5.82 Å². The molecule has 0 aromatic heterocycles. The lowest BCUT2D eigenvalue weighted by Crippen LogP contribution is -2.29. The van der Waals surface area contributed by atoms with E-state index in [1.54, 1.807) is 6.07 Å². The number of rotatable bonds is 4. The van der Waals surface area contributed by atoms with Crippen LogP contribution >= 0.6 is 0 Å². The highest BCUT2D eigenvalue weighted by molar-refractivity contribution is 5.84. The molecule has 144 valence electrons. The largest absolute Gasteiger partial charge is 0.207 e. The smallest absolute Gasteiger partial charge is 0.127 e. The van der Waals surface area contributed by atoms with E-state index in [2.05, 4.69) is 37.3 Å². The molecule has 0 bridgehead atoms. The monoisotopic (exact) mass is 364 g/mol. The Balaban J connectivity index is 1.52. The van der Waals surface area contributed by atoms with Gasteiger partial charge < -0.3 is 0 Å². The van der Waals surface area contributed by atoms with Gasteiger partial charge in [0.15, 0.2) is 0 Å². The molecule has 2 aliphatic carbocycles. The molecule has 2 aromatic rings. The topological polar surface area (TPSA) is 0 Å². The molecule has 2 aliphatic rings. The average Bonchev–Trinajstić information content (AvgIpc) is 2.67. The molecule has 0 radical (unpaired) electrons. The molecule has 1 heteroatoms. The third-order valence-electron chi connectivity index (χ3n) is 7.19. The molecule has 0 N–H and O–H groups in total. The number of benzene rings is 2. The third kappa shape index (κ3) is 4.13. The molecule has 2 saturated carbocycles. The SMILES string of the molecule is C/C=C/CCc1cc2ccc([C@@H]3CC[C@@H]4CC(C)CCC4C3)cc2cc1F. The maximum Gasteiger partial charge on any atom is 0.127 e. The minimum absolute atomic E-state index is 0.0471. The highest BCUT2D eigenvalue weighted by Gasteiger charge is 2.34. The fourth-order valence-electron chi connectivity index (χ4n) is 5.61. The van der Waals surface area contributed by atoms with Gasteiger partial charge in [-0.05, 0) is 110 Å². The third-order valence-corrected chi connectivity index (χ3v) is 7.19. The van der Waals surface area contributed by atoms with E-state index >= 15 is 0 Å². The van der Waals surface area contributed by atoms with Gasteiger partial charge >= 0.3 is 0 Å². The van der Waals surface area contributed by atoms with Crippen LogP contribution in [0, 0.1) is 23.6 Å². The molecule has 0 nitrogen and oxygen atoms in total. The normalized spacial score (nSPS) is 28.6. The van der Waals surface area contributed by atoms with E-state index in [0.717, 1.165) is 41.5 Å². The number of halogens is 1. The van der Waals surface area contributed by atoms with E-state index in [4.69, 9.17) is 0 Å². The van der Waals surface area contributed by atoms with Gasteiger partial charge in [-0.1, -0.05) is 43.7 Å². The van der Waals surface area contributed by atoms with E-state index in [0.29, 0.717) is 5.92 Å². The summed E-state index contributed by atoms with van der Waals surface area (Å²) in [7, 11) is 0. The van der Waals surface area contributed by atoms with Crippen LogP contribution < -0.4 is 0 Å². The Morgan fingerprint density at radius 3 is 2.63 bits per heavy atom. The zero-order valence-electron chi connectivity index (χ0n) is 16.9. The molecule has 2 fully saturated rings. The molecular formula is C26H33F. The lowest BCUT2D eigenvalue weighted by atomic mass is 9.64. The highest BCUT2D eigenvalue weighted by Crippen LogP contribution is 2.47. The quantitative estimate of drug-likeness (QED) is 0.485. The van der Waals surface area contributed by atoms with Gasteiger partial charge in [0.25, 0.3) is 0 Å². The van der Waals surface area contributed by atoms with Crippen molar-refractivity contribution in [3.63, 3.8) is 0 Å². The first-order chi connectivity index (χ1) is 13.1. The molecule has 0 saturated heterocycles. The lowest BCUT2D eigenvalue weighted by Gasteiger charge is -2.41. The second-order valence-corrected chi connectivity index (χ2v) is 9.11. The molecule has 0 amide bonds. The molecule has 2 unspecified atom stereocenters. The zero-order chi connectivity index (χ0) is 18.8. The van der Waals surface area contributed by atoms with Crippen LogP contribution in [0.5, 0.6) is 0 Å². The second kappa shape index (κ2) is 8.17. The van der Waals surface area contributed by atoms with E-state index in [1.807, 2.05) is 13.0 Å².